The number of methoxy groups -OCH3 is 1. The van der Waals surface area contributed by atoms with Crippen molar-refractivity contribution in [3.63, 3.8) is 0 Å². The summed E-state index contributed by atoms with van der Waals surface area (Å²) in [5, 5.41) is 2.51. The van der Waals surface area contributed by atoms with Crippen LogP contribution in [0.15, 0.2) is 42.9 Å². The van der Waals surface area contributed by atoms with Crippen molar-refractivity contribution in [1.29, 1.82) is 0 Å². The van der Waals surface area contributed by atoms with Crippen LogP contribution in [0.3, 0.4) is 0 Å². The molecule has 0 fully saturated rings. The van der Waals surface area contributed by atoms with Crippen LogP contribution in [-0.4, -0.2) is 47.2 Å². The largest absolute Gasteiger partial charge is 0.493 e. The summed E-state index contributed by atoms with van der Waals surface area (Å²) in [6, 6.07) is 7.54. The van der Waals surface area contributed by atoms with E-state index in [-0.39, 0.29) is 6.04 Å². The van der Waals surface area contributed by atoms with Gasteiger partial charge in [0.2, 0.25) is 0 Å². The second kappa shape index (κ2) is 10.1. The maximum absolute atomic E-state index is 6.32. The Labute approximate surface area is 196 Å². The molecule has 0 saturated heterocycles. The van der Waals surface area contributed by atoms with Gasteiger partial charge in [0.15, 0.2) is 11.5 Å². The Kier molecular flexibility index (Phi) is 6.96. The number of aromatic nitrogens is 3. The first-order valence-electron chi connectivity index (χ1n) is 10.6. The molecule has 0 aliphatic heterocycles. The van der Waals surface area contributed by atoms with E-state index in [1.165, 1.54) is 0 Å². The number of pyridine rings is 3. The first kappa shape index (κ1) is 22.8. The smallest absolute Gasteiger partial charge is 0.163 e. The lowest BCUT2D eigenvalue weighted by Crippen LogP contribution is -2.26. The average Bonchev–Trinajstić information content (AvgIpc) is 2.85. The Balaban J connectivity index is 1.80. The number of benzene rings is 1. The fourth-order valence-electron chi connectivity index (χ4n) is 3.47. The van der Waals surface area contributed by atoms with Gasteiger partial charge in [-0.3, -0.25) is 9.97 Å². The molecular formula is C24H26ClN5O3. The fraction of sp³-hybridized carbons (Fsp3) is 0.292. The predicted molar refractivity (Wildman–Crippen MR) is 131 cm³/mol. The van der Waals surface area contributed by atoms with Crippen LogP contribution in [-0.2, 0) is 0 Å². The molecule has 172 valence electrons. The maximum atomic E-state index is 6.32. The normalized spacial score (nSPS) is 12.1. The van der Waals surface area contributed by atoms with E-state index in [4.69, 9.17) is 37.3 Å². The average molecular weight is 468 g/mol. The molecule has 1 aromatic carbocycles. The highest BCUT2D eigenvalue weighted by Crippen LogP contribution is 2.37. The fourth-order valence-corrected chi connectivity index (χ4v) is 3.54. The first-order valence-corrected chi connectivity index (χ1v) is 11.2. The van der Waals surface area contributed by atoms with E-state index in [0.717, 1.165) is 33.7 Å². The molecule has 4 N–H and O–H groups in total. The molecule has 9 heteroatoms. The number of nitrogens with zero attached hydrogens (tertiary/aromatic N) is 3. The van der Waals surface area contributed by atoms with E-state index in [0.29, 0.717) is 47.9 Å². The Morgan fingerprint density at radius 3 is 2.61 bits per heavy atom. The minimum absolute atomic E-state index is 0.0322. The number of hydrogen-bond donors (Lipinski definition) is 2. The van der Waals surface area contributed by atoms with E-state index >= 15 is 0 Å². The van der Waals surface area contributed by atoms with Crippen LogP contribution in [0, 0.1) is 0 Å². The molecule has 0 saturated carbocycles. The summed E-state index contributed by atoms with van der Waals surface area (Å²) in [6.07, 6.45) is 5.93. The number of rotatable bonds is 9. The molecular weight excluding hydrogens is 442 g/mol. The van der Waals surface area contributed by atoms with Crippen molar-refractivity contribution in [2.75, 3.05) is 31.9 Å². The van der Waals surface area contributed by atoms with E-state index in [2.05, 4.69) is 15.0 Å². The lowest BCUT2D eigenvalue weighted by molar-refractivity contribution is 0.284. The summed E-state index contributed by atoms with van der Waals surface area (Å²) in [5.41, 5.74) is 14.5. The number of nitrogen functional groups attached to an aromatic ring is 1. The van der Waals surface area contributed by atoms with Crippen molar-refractivity contribution < 1.29 is 14.2 Å². The van der Waals surface area contributed by atoms with E-state index in [1.807, 2.05) is 31.2 Å². The van der Waals surface area contributed by atoms with Crippen LogP contribution in [0.1, 0.15) is 13.3 Å². The van der Waals surface area contributed by atoms with E-state index in [9.17, 15) is 0 Å². The van der Waals surface area contributed by atoms with Crippen LogP contribution in [0.4, 0.5) is 5.82 Å². The highest BCUT2D eigenvalue weighted by atomic mass is 35.5. The van der Waals surface area contributed by atoms with Gasteiger partial charge in [0.1, 0.15) is 24.8 Å². The lowest BCUT2D eigenvalue weighted by Gasteiger charge is -2.14. The summed E-state index contributed by atoms with van der Waals surface area (Å²) in [6.45, 7) is 2.80. The number of alkyl halides is 1. The van der Waals surface area contributed by atoms with Gasteiger partial charge in [0.25, 0.3) is 0 Å². The number of hydrogen-bond acceptors (Lipinski definition) is 8. The van der Waals surface area contributed by atoms with Crippen LogP contribution in [0.2, 0.25) is 0 Å². The van der Waals surface area contributed by atoms with Crippen molar-refractivity contribution >= 4 is 39.1 Å². The van der Waals surface area contributed by atoms with Gasteiger partial charge in [-0.2, -0.15) is 0 Å². The molecule has 0 aliphatic rings. The minimum atomic E-state index is -0.0322. The van der Waals surface area contributed by atoms with Crippen LogP contribution >= 0.6 is 11.6 Å². The van der Waals surface area contributed by atoms with Gasteiger partial charge in [-0.1, -0.05) is 6.92 Å². The first-order chi connectivity index (χ1) is 16.0. The van der Waals surface area contributed by atoms with Crippen LogP contribution in [0.5, 0.6) is 17.2 Å². The van der Waals surface area contributed by atoms with Gasteiger partial charge in [-0.05, 0) is 30.0 Å². The number of ether oxygens (including phenoxy) is 3. The van der Waals surface area contributed by atoms with Crippen molar-refractivity contribution in [3.8, 4) is 28.5 Å². The van der Waals surface area contributed by atoms with Crippen molar-refractivity contribution in [1.82, 2.24) is 15.0 Å². The Bertz CT molecular complexity index is 1280. The number of anilines is 1. The summed E-state index contributed by atoms with van der Waals surface area (Å²) >= 11 is 5.77. The zero-order chi connectivity index (χ0) is 23.4. The van der Waals surface area contributed by atoms with Crippen LogP contribution < -0.4 is 25.7 Å². The maximum Gasteiger partial charge on any atom is 0.163 e. The molecule has 0 amide bonds. The quantitative estimate of drug-likeness (QED) is 0.278. The zero-order valence-electron chi connectivity index (χ0n) is 18.5. The van der Waals surface area contributed by atoms with Gasteiger partial charge in [0, 0.05) is 40.8 Å². The standard InChI is InChI=1S/C24H26ClN5O3/c1-3-15(26)13-33-16-6-14(10-28-11-16)20-7-17-18-8-22(31-2)23(32-5-4-25)9-21(18)29-12-19(17)24(27)30-20/h6-12,15H,3-5,13,26H2,1-2H3,(H2,27,30)/t15-/m0/s1. The van der Waals surface area contributed by atoms with E-state index < -0.39 is 0 Å². The second-order valence-corrected chi connectivity index (χ2v) is 7.94. The molecule has 33 heavy (non-hydrogen) atoms. The molecule has 0 aliphatic carbocycles. The summed E-state index contributed by atoms with van der Waals surface area (Å²) in [5.74, 6) is 2.54. The molecule has 3 aromatic heterocycles. The number of halogens is 1. The predicted octanol–water partition coefficient (Wildman–Crippen LogP) is 4.17. The van der Waals surface area contributed by atoms with Crippen LogP contribution in [0.25, 0.3) is 32.9 Å². The van der Waals surface area contributed by atoms with Gasteiger partial charge in [0.05, 0.1) is 30.4 Å². The molecule has 1 atom stereocenters. The van der Waals surface area contributed by atoms with Crippen molar-refractivity contribution in [2.45, 2.75) is 19.4 Å². The Hall–Kier alpha value is -3.36. The summed E-state index contributed by atoms with van der Waals surface area (Å²) in [7, 11) is 1.59. The van der Waals surface area contributed by atoms with Gasteiger partial charge >= 0.3 is 0 Å². The minimum Gasteiger partial charge on any atom is -0.493 e. The SMILES string of the molecule is CC[C@H](N)COc1cncc(-c2cc3c(cnc4cc(OCCCl)c(OC)cc43)c(N)n2)c1. The van der Waals surface area contributed by atoms with E-state index in [1.54, 1.807) is 25.7 Å². The van der Waals surface area contributed by atoms with Gasteiger partial charge < -0.3 is 25.7 Å². The Morgan fingerprint density at radius 1 is 1.00 bits per heavy atom. The highest BCUT2D eigenvalue weighted by Gasteiger charge is 2.14. The zero-order valence-corrected chi connectivity index (χ0v) is 19.3. The summed E-state index contributed by atoms with van der Waals surface area (Å²) < 4.78 is 17.0. The topological polar surface area (TPSA) is 118 Å². The molecule has 4 rings (SSSR count). The number of nitrogens with two attached hydrogens (primary N) is 2. The third-order valence-corrected chi connectivity index (χ3v) is 5.48. The highest BCUT2D eigenvalue weighted by molar-refractivity contribution is 6.18. The molecule has 0 unspecified atom stereocenters. The molecule has 0 radical (unpaired) electrons. The Morgan fingerprint density at radius 2 is 1.85 bits per heavy atom. The number of fused-ring (bicyclic) bond motifs is 3. The van der Waals surface area contributed by atoms with Gasteiger partial charge in [-0.15, -0.1) is 11.6 Å². The summed E-state index contributed by atoms with van der Waals surface area (Å²) in [4.78, 5) is 13.4. The molecule has 3 heterocycles. The third kappa shape index (κ3) is 4.86. The monoisotopic (exact) mass is 467 g/mol. The lowest BCUT2D eigenvalue weighted by atomic mass is 10.0. The van der Waals surface area contributed by atoms with Crippen molar-refractivity contribution in [3.05, 3.63) is 42.9 Å². The molecule has 0 bridgehead atoms. The molecule has 8 nitrogen and oxygen atoms in total. The third-order valence-electron chi connectivity index (χ3n) is 5.33. The second-order valence-electron chi connectivity index (χ2n) is 7.56. The molecule has 4 aromatic rings. The van der Waals surface area contributed by atoms with Gasteiger partial charge in [-0.25, -0.2) is 4.98 Å². The van der Waals surface area contributed by atoms with Crippen molar-refractivity contribution in [2.24, 2.45) is 5.73 Å². The molecule has 0 spiro atoms.